The maximum Gasteiger partial charge on any atom is 0.229 e. The molecule has 0 radical (unpaired) electrons. The van der Waals surface area contributed by atoms with E-state index in [1.54, 1.807) is 0 Å². The fourth-order valence-electron chi connectivity index (χ4n) is 2.04. The van der Waals surface area contributed by atoms with Crippen molar-refractivity contribution in [2.45, 2.75) is 31.7 Å². The number of likely N-dealkylation sites (tertiary alicyclic amines) is 1. The minimum absolute atomic E-state index is 0.0185. The molecule has 1 atom stereocenters. The van der Waals surface area contributed by atoms with Crippen molar-refractivity contribution in [1.29, 1.82) is 0 Å². The molecule has 0 aromatic rings. The summed E-state index contributed by atoms with van der Waals surface area (Å²) in [6, 6.07) is 0.125. The van der Waals surface area contributed by atoms with E-state index in [0.29, 0.717) is 12.8 Å². The lowest BCUT2D eigenvalue weighted by Crippen LogP contribution is -2.47. The molecular formula is C9H14N2O2. The van der Waals surface area contributed by atoms with E-state index in [-0.39, 0.29) is 17.9 Å². The summed E-state index contributed by atoms with van der Waals surface area (Å²) in [5.41, 5.74) is 0. The molecule has 2 rings (SSSR count). The smallest absolute Gasteiger partial charge is 0.229 e. The minimum atomic E-state index is 0.0185. The Labute approximate surface area is 77.3 Å². The zero-order valence-electron chi connectivity index (χ0n) is 7.58. The molecule has 2 fully saturated rings. The second-order valence-corrected chi connectivity index (χ2v) is 3.66. The van der Waals surface area contributed by atoms with Crippen LogP contribution in [0.15, 0.2) is 0 Å². The first kappa shape index (κ1) is 8.69. The molecule has 0 bridgehead atoms. The summed E-state index contributed by atoms with van der Waals surface area (Å²) in [5, 5.41) is 3.16. The van der Waals surface area contributed by atoms with Crippen molar-refractivity contribution < 1.29 is 9.59 Å². The molecule has 0 aromatic heterocycles. The SMILES string of the molecule is O=C1CCCC(=O)N1C1CCNC1. The summed E-state index contributed by atoms with van der Waals surface area (Å²) in [6.07, 6.45) is 2.73. The molecule has 0 saturated carbocycles. The topological polar surface area (TPSA) is 49.4 Å². The predicted octanol–water partition coefficient (Wildman–Crippen LogP) is -0.113. The number of piperidine rings is 1. The first-order valence-corrected chi connectivity index (χ1v) is 4.84. The highest BCUT2D eigenvalue weighted by molar-refractivity contribution is 5.97. The molecule has 0 aromatic carbocycles. The maximum atomic E-state index is 11.5. The van der Waals surface area contributed by atoms with Crippen LogP contribution in [-0.2, 0) is 9.59 Å². The van der Waals surface area contributed by atoms with Gasteiger partial charge in [-0.05, 0) is 19.4 Å². The lowest BCUT2D eigenvalue weighted by Gasteiger charge is -2.29. The fraction of sp³-hybridized carbons (Fsp3) is 0.778. The van der Waals surface area contributed by atoms with Gasteiger partial charge in [0.1, 0.15) is 0 Å². The Morgan fingerprint density at radius 3 is 2.46 bits per heavy atom. The van der Waals surface area contributed by atoms with Crippen molar-refractivity contribution in [3.8, 4) is 0 Å². The molecule has 0 spiro atoms. The van der Waals surface area contributed by atoms with E-state index in [1.807, 2.05) is 0 Å². The van der Waals surface area contributed by atoms with Gasteiger partial charge in [0.05, 0.1) is 6.04 Å². The van der Waals surface area contributed by atoms with Crippen molar-refractivity contribution >= 4 is 11.8 Å². The van der Waals surface area contributed by atoms with Crippen LogP contribution in [0.25, 0.3) is 0 Å². The van der Waals surface area contributed by atoms with Crippen LogP contribution >= 0.6 is 0 Å². The van der Waals surface area contributed by atoms with E-state index in [4.69, 9.17) is 0 Å². The van der Waals surface area contributed by atoms with Crippen molar-refractivity contribution in [3.05, 3.63) is 0 Å². The zero-order chi connectivity index (χ0) is 9.26. The average Bonchev–Trinajstić information content (AvgIpc) is 2.57. The molecule has 2 amide bonds. The first-order valence-electron chi connectivity index (χ1n) is 4.84. The molecule has 4 nitrogen and oxygen atoms in total. The molecule has 72 valence electrons. The van der Waals surface area contributed by atoms with Gasteiger partial charge in [-0.15, -0.1) is 0 Å². The van der Waals surface area contributed by atoms with Gasteiger partial charge in [-0.2, -0.15) is 0 Å². The molecule has 2 saturated heterocycles. The molecular weight excluding hydrogens is 168 g/mol. The van der Waals surface area contributed by atoms with E-state index in [1.165, 1.54) is 4.90 Å². The highest BCUT2D eigenvalue weighted by atomic mass is 16.2. The van der Waals surface area contributed by atoms with E-state index >= 15 is 0 Å². The summed E-state index contributed by atoms with van der Waals surface area (Å²) >= 11 is 0. The standard InChI is InChI=1S/C9H14N2O2/c12-8-2-1-3-9(13)11(8)7-4-5-10-6-7/h7,10H,1-6H2. The number of imide groups is 1. The molecule has 2 aliphatic heterocycles. The van der Waals surface area contributed by atoms with Crippen molar-refractivity contribution in [2.75, 3.05) is 13.1 Å². The van der Waals surface area contributed by atoms with Gasteiger partial charge >= 0.3 is 0 Å². The molecule has 2 aliphatic rings. The van der Waals surface area contributed by atoms with Gasteiger partial charge in [0.25, 0.3) is 0 Å². The highest BCUT2D eigenvalue weighted by Gasteiger charge is 2.33. The van der Waals surface area contributed by atoms with Gasteiger partial charge in [0, 0.05) is 19.4 Å². The van der Waals surface area contributed by atoms with E-state index < -0.39 is 0 Å². The number of hydrogen-bond donors (Lipinski definition) is 1. The van der Waals surface area contributed by atoms with Crippen LogP contribution in [0.1, 0.15) is 25.7 Å². The first-order chi connectivity index (χ1) is 6.29. The predicted molar refractivity (Wildman–Crippen MR) is 47.0 cm³/mol. The zero-order valence-corrected chi connectivity index (χ0v) is 7.58. The Bertz CT molecular complexity index is 218. The number of nitrogens with zero attached hydrogens (tertiary/aromatic N) is 1. The van der Waals surface area contributed by atoms with Crippen LogP contribution < -0.4 is 5.32 Å². The maximum absolute atomic E-state index is 11.5. The fourth-order valence-corrected chi connectivity index (χ4v) is 2.04. The molecule has 4 heteroatoms. The number of rotatable bonds is 1. The number of amides is 2. The van der Waals surface area contributed by atoms with Gasteiger partial charge in [-0.25, -0.2) is 0 Å². The van der Waals surface area contributed by atoms with Crippen LogP contribution in [0, 0.1) is 0 Å². The molecule has 1 N–H and O–H groups in total. The van der Waals surface area contributed by atoms with Crippen molar-refractivity contribution in [2.24, 2.45) is 0 Å². The Balaban J connectivity index is 2.08. The summed E-state index contributed by atoms with van der Waals surface area (Å²) in [4.78, 5) is 24.4. The molecule has 0 aliphatic carbocycles. The summed E-state index contributed by atoms with van der Waals surface area (Å²) in [6.45, 7) is 1.69. The third-order valence-electron chi connectivity index (χ3n) is 2.72. The van der Waals surface area contributed by atoms with Gasteiger partial charge in [-0.3, -0.25) is 14.5 Å². The van der Waals surface area contributed by atoms with Gasteiger partial charge in [-0.1, -0.05) is 0 Å². The minimum Gasteiger partial charge on any atom is -0.315 e. The highest BCUT2D eigenvalue weighted by Crippen LogP contribution is 2.18. The van der Waals surface area contributed by atoms with E-state index in [2.05, 4.69) is 5.32 Å². The van der Waals surface area contributed by atoms with Crippen molar-refractivity contribution in [3.63, 3.8) is 0 Å². The third-order valence-corrected chi connectivity index (χ3v) is 2.72. The summed E-state index contributed by atoms with van der Waals surface area (Å²) in [7, 11) is 0. The largest absolute Gasteiger partial charge is 0.315 e. The lowest BCUT2D eigenvalue weighted by atomic mass is 10.1. The number of carbonyl (C=O) groups excluding carboxylic acids is 2. The quantitative estimate of drug-likeness (QED) is 0.575. The second-order valence-electron chi connectivity index (χ2n) is 3.66. The van der Waals surface area contributed by atoms with Crippen LogP contribution in [0.4, 0.5) is 0 Å². The Morgan fingerprint density at radius 1 is 1.23 bits per heavy atom. The third kappa shape index (κ3) is 1.58. The monoisotopic (exact) mass is 182 g/mol. The Morgan fingerprint density at radius 2 is 1.92 bits per heavy atom. The van der Waals surface area contributed by atoms with Crippen LogP contribution in [0.3, 0.4) is 0 Å². The van der Waals surface area contributed by atoms with E-state index in [0.717, 1.165) is 25.9 Å². The summed E-state index contributed by atoms with van der Waals surface area (Å²) < 4.78 is 0. The van der Waals surface area contributed by atoms with Crippen molar-refractivity contribution in [1.82, 2.24) is 10.2 Å². The number of hydrogen-bond acceptors (Lipinski definition) is 3. The Hall–Kier alpha value is -0.900. The van der Waals surface area contributed by atoms with Crippen LogP contribution in [0.5, 0.6) is 0 Å². The second kappa shape index (κ2) is 3.46. The molecule has 1 unspecified atom stereocenters. The lowest BCUT2D eigenvalue weighted by molar-refractivity contribution is -0.150. The Kier molecular flexibility index (Phi) is 2.31. The number of nitrogens with one attached hydrogen (secondary N) is 1. The molecule has 13 heavy (non-hydrogen) atoms. The van der Waals surface area contributed by atoms with Gasteiger partial charge in [0.2, 0.25) is 11.8 Å². The van der Waals surface area contributed by atoms with Gasteiger partial charge < -0.3 is 5.32 Å². The van der Waals surface area contributed by atoms with Crippen LogP contribution in [-0.4, -0.2) is 35.8 Å². The summed E-state index contributed by atoms with van der Waals surface area (Å²) in [5.74, 6) is 0.0369. The normalized spacial score (nSPS) is 29.8. The van der Waals surface area contributed by atoms with Gasteiger partial charge in [0.15, 0.2) is 0 Å². The van der Waals surface area contributed by atoms with Crippen LogP contribution in [0.2, 0.25) is 0 Å². The number of carbonyl (C=O) groups is 2. The average molecular weight is 182 g/mol. The van der Waals surface area contributed by atoms with E-state index in [9.17, 15) is 9.59 Å². The molecule has 2 heterocycles.